The number of benzene rings is 1. The molecule has 84 valence electrons. The molecule has 1 aromatic carbocycles. The lowest BCUT2D eigenvalue weighted by atomic mass is 10.0. The highest BCUT2D eigenvalue weighted by molar-refractivity contribution is 6.33. The van der Waals surface area contributed by atoms with Crippen LogP contribution < -0.4 is 0 Å². The molecule has 2 aromatic rings. The number of nitriles is 1. The zero-order valence-corrected chi connectivity index (χ0v) is 9.93. The molecular formula is C12H5Cl2FN2. The summed E-state index contributed by atoms with van der Waals surface area (Å²) < 4.78 is 12.8. The number of nitrogens with zero attached hydrogens (tertiary/aromatic N) is 2. The number of hydrogen-bond donors (Lipinski definition) is 0. The van der Waals surface area contributed by atoms with Crippen molar-refractivity contribution in [3.63, 3.8) is 0 Å². The van der Waals surface area contributed by atoms with Crippen LogP contribution in [-0.2, 0) is 0 Å². The molecule has 0 saturated carbocycles. The maximum Gasteiger partial charge on any atom is 0.149 e. The van der Waals surface area contributed by atoms with E-state index in [-0.39, 0.29) is 21.7 Å². The van der Waals surface area contributed by atoms with Crippen LogP contribution in [-0.4, -0.2) is 4.98 Å². The predicted molar refractivity (Wildman–Crippen MR) is 64.4 cm³/mol. The van der Waals surface area contributed by atoms with Crippen molar-refractivity contribution in [3.8, 4) is 17.2 Å². The van der Waals surface area contributed by atoms with Crippen LogP contribution in [0.15, 0.2) is 30.3 Å². The van der Waals surface area contributed by atoms with Crippen LogP contribution in [0.2, 0.25) is 10.3 Å². The van der Waals surface area contributed by atoms with Gasteiger partial charge in [-0.2, -0.15) is 5.26 Å². The smallest absolute Gasteiger partial charge is 0.149 e. The Balaban J connectivity index is 2.66. The summed E-state index contributed by atoms with van der Waals surface area (Å²) in [5.41, 5.74) is 1.43. The second-order valence-electron chi connectivity index (χ2n) is 3.28. The van der Waals surface area contributed by atoms with Crippen LogP contribution in [0.3, 0.4) is 0 Å². The molecular weight excluding hydrogens is 262 g/mol. The Bertz CT molecular complexity index is 603. The molecule has 0 aliphatic carbocycles. The van der Waals surface area contributed by atoms with E-state index in [0.29, 0.717) is 11.1 Å². The van der Waals surface area contributed by atoms with Gasteiger partial charge in [-0.15, -0.1) is 0 Å². The highest BCUT2D eigenvalue weighted by Crippen LogP contribution is 2.29. The van der Waals surface area contributed by atoms with Crippen molar-refractivity contribution < 1.29 is 4.39 Å². The van der Waals surface area contributed by atoms with Crippen LogP contribution in [0.5, 0.6) is 0 Å². The van der Waals surface area contributed by atoms with Gasteiger partial charge in [0, 0.05) is 5.56 Å². The quantitative estimate of drug-likeness (QED) is 0.730. The molecule has 2 rings (SSSR count). The molecule has 0 N–H and O–H groups in total. The van der Waals surface area contributed by atoms with Gasteiger partial charge in [0.1, 0.15) is 22.2 Å². The van der Waals surface area contributed by atoms with Gasteiger partial charge in [0.15, 0.2) is 0 Å². The Morgan fingerprint density at radius 3 is 2.41 bits per heavy atom. The van der Waals surface area contributed by atoms with Crippen LogP contribution >= 0.6 is 23.2 Å². The van der Waals surface area contributed by atoms with E-state index in [1.54, 1.807) is 12.1 Å². The first-order chi connectivity index (χ1) is 8.11. The highest BCUT2D eigenvalue weighted by atomic mass is 35.5. The van der Waals surface area contributed by atoms with Crippen LogP contribution in [0.1, 0.15) is 5.56 Å². The van der Waals surface area contributed by atoms with Crippen molar-refractivity contribution in [2.24, 2.45) is 0 Å². The Morgan fingerprint density at radius 1 is 1.18 bits per heavy atom. The fourth-order valence-corrected chi connectivity index (χ4v) is 1.92. The van der Waals surface area contributed by atoms with Crippen molar-refractivity contribution in [1.29, 1.82) is 5.26 Å². The van der Waals surface area contributed by atoms with Gasteiger partial charge in [0.05, 0.1) is 5.56 Å². The van der Waals surface area contributed by atoms with Crippen molar-refractivity contribution in [3.05, 3.63) is 52.0 Å². The van der Waals surface area contributed by atoms with E-state index in [9.17, 15) is 4.39 Å². The van der Waals surface area contributed by atoms with E-state index in [0.717, 1.165) is 0 Å². The summed E-state index contributed by atoms with van der Waals surface area (Å²) in [6, 6.07) is 9.20. The topological polar surface area (TPSA) is 36.7 Å². The Hall–Kier alpha value is -1.63. The first-order valence-electron chi connectivity index (χ1n) is 4.64. The Morgan fingerprint density at radius 2 is 1.82 bits per heavy atom. The van der Waals surface area contributed by atoms with Crippen molar-refractivity contribution in [2.45, 2.75) is 0 Å². The second kappa shape index (κ2) is 4.70. The van der Waals surface area contributed by atoms with Gasteiger partial charge < -0.3 is 0 Å². The third kappa shape index (κ3) is 2.38. The van der Waals surface area contributed by atoms with Gasteiger partial charge in [-0.1, -0.05) is 35.3 Å². The summed E-state index contributed by atoms with van der Waals surface area (Å²) >= 11 is 11.6. The first kappa shape index (κ1) is 11.8. The molecule has 17 heavy (non-hydrogen) atoms. The number of aromatic nitrogens is 1. The van der Waals surface area contributed by atoms with Crippen molar-refractivity contribution in [1.82, 2.24) is 4.98 Å². The van der Waals surface area contributed by atoms with E-state index in [1.165, 1.54) is 18.2 Å². The second-order valence-corrected chi connectivity index (χ2v) is 4.02. The molecule has 0 aliphatic rings. The SMILES string of the molecule is N#Cc1c(-c2ccc(F)cc2)cc(Cl)nc1Cl. The van der Waals surface area contributed by atoms with Gasteiger partial charge in [0.2, 0.25) is 0 Å². The summed E-state index contributed by atoms with van der Waals surface area (Å²) in [5.74, 6) is -0.349. The van der Waals surface area contributed by atoms with E-state index >= 15 is 0 Å². The largest absolute Gasteiger partial charge is 0.223 e. The van der Waals surface area contributed by atoms with E-state index in [2.05, 4.69) is 4.98 Å². The summed E-state index contributed by atoms with van der Waals surface area (Å²) in [5, 5.41) is 9.24. The average Bonchev–Trinajstić information content (AvgIpc) is 2.29. The van der Waals surface area contributed by atoms with Crippen molar-refractivity contribution in [2.75, 3.05) is 0 Å². The normalized spacial score (nSPS) is 10.0. The van der Waals surface area contributed by atoms with Crippen LogP contribution in [0.4, 0.5) is 4.39 Å². The number of rotatable bonds is 1. The number of pyridine rings is 1. The minimum atomic E-state index is -0.349. The molecule has 5 heteroatoms. The first-order valence-corrected chi connectivity index (χ1v) is 5.39. The molecule has 0 spiro atoms. The highest BCUT2D eigenvalue weighted by Gasteiger charge is 2.12. The molecule has 0 radical (unpaired) electrons. The molecule has 0 fully saturated rings. The molecule has 0 aliphatic heterocycles. The van der Waals surface area contributed by atoms with E-state index in [4.69, 9.17) is 28.5 Å². The molecule has 2 nitrogen and oxygen atoms in total. The zero-order chi connectivity index (χ0) is 12.4. The third-order valence-electron chi connectivity index (χ3n) is 2.21. The maximum absolute atomic E-state index is 12.8. The molecule has 0 amide bonds. The van der Waals surface area contributed by atoms with E-state index in [1.807, 2.05) is 6.07 Å². The molecule has 1 heterocycles. The fraction of sp³-hybridized carbons (Fsp3) is 0. The van der Waals surface area contributed by atoms with E-state index < -0.39 is 0 Å². The molecule has 0 saturated heterocycles. The molecule has 1 aromatic heterocycles. The maximum atomic E-state index is 12.8. The minimum Gasteiger partial charge on any atom is -0.223 e. The van der Waals surface area contributed by atoms with Crippen molar-refractivity contribution >= 4 is 23.2 Å². The minimum absolute atomic E-state index is 0.0410. The average molecular weight is 267 g/mol. The molecule has 0 bridgehead atoms. The number of halogens is 3. The lowest BCUT2D eigenvalue weighted by Gasteiger charge is -2.06. The van der Waals surface area contributed by atoms with Crippen LogP contribution in [0, 0.1) is 17.1 Å². The molecule has 0 atom stereocenters. The summed E-state index contributed by atoms with van der Waals surface area (Å²) in [6.07, 6.45) is 0. The zero-order valence-electron chi connectivity index (χ0n) is 8.42. The monoisotopic (exact) mass is 266 g/mol. The summed E-state index contributed by atoms with van der Waals surface area (Å²) in [7, 11) is 0. The fourth-order valence-electron chi connectivity index (χ4n) is 1.45. The standard InChI is InChI=1S/C12H5Cl2FN2/c13-11-5-9(10(6-16)12(14)17-11)7-1-3-8(15)4-2-7/h1-5H. The van der Waals surface area contributed by atoms with Gasteiger partial charge in [-0.05, 0) is 23.8 Å². The Labute approximate surface area is 107 Å². The Kier molecular flexibility index (Phi) is 3.28. The summed E-state index contributed by atoms with van der Waals surface area (Å²) in [4.78, 5) is 3.78. The van der Waals surface area contributed by atoms with Gasteiger partial charge in [0.25, 0.3) is 0 Å². The third-order valence-corrected chi connectivity index (χ3v) is 2.68. The van der Waals surface area contributed by atoms with Gasteiger partial charge in [-0.25, -0.2) is 9.37 Å². The predicted octanol–water partition coefficient (Wildman–Crippen LogP) is 4.07. The van der Waals surface area contributed by atoms with Gasteiger partial charge >= 0.3 is 0 Å². The lowest BCUT2D eigenvalue weighted by Crippen LogP contribution is -1.90. The summed E-state index contributed by atoms with van der Waals surface area (Å²) in [6.45, 7) is 0. The molecule has 0 unspecified atom stereocenters. The van der Waals surface area contributed by atoms with Crippen LogP contribution in [0.25, 0.3) is 11.1 Å². The van der Waals surface area contributed by atoms with Gasteiger partial charge in [-0.3, -0.25) is 0 Å². The lowest BCUT2D eigenvalue weighted by molar-refractivity contribution is 0.628. The number of hydrogen-bond acceptors (Lipinski definition) is 2.